The molecule has 1 aliphatic carbocycles. The van der Waals surface area contributed by atoms with Gasteiger partial charge in [0, 0.05) is 35.8 Å². The SMILES string of the molecule is COc1c(Cl)cccc1Nc1c(-c2ccncc2OC[C@@]2(C)CCO2)[nH]c2c1C(=O)N[C@H]1C[C@@H]21. The van der Waals surface area contributed by atoms with Gasteiger partial charge in [-0.1, -0.05) is 17.7 Å². The summed E-state index contributed by atoms with van der Waals surface area (Å²) in [5.41, 5.74) is 4.12. The Morgan fingerprint density at radius 1 is 1.35 bits per heavy atom. The summed E-state index contributed by atoms with van der Waals surface area (Å²) in [5, 5.41) is 7.01. The maximum absolute atomic E-state index is 13.1. The molecule has 9 heteroatoms. The van der Waals surface area contributed by atoms with E-state index in [-0.39, 0.29) is 23.5 Å². The van der Waals surface area contributed by atoms with Gasteiger partial charge in [-0.25, -0.2) is 0 Å². The Morgan fingerprint density at radius 3 is 2.97 bits per heavy atom. The van der Waals surface area contributed by atoms with Crippen molar-refractivity contribution in [1.29, 1.82) is 0 Å². The number of ether oxygens (including phenoxy) is 3. The first-order chi connectivity index (χ1) is 16.5. The molecule has 0 unspecified atom stereocenters. The highest BCUT2D eigenvalue weighted by molar-refractivity contribution is 6.32. The quantitative estimate of drug-likeness (QED) is 0.456. The van der Waals surface area contributed by atoms with Crippen LogP contribution in [0.4, 0.5) is 11.4 Å². The van der Waals surface area contributed by atoms with Crippen LogP contribution < -0.4 is 20.1 Å². The number of H-pyrrole nitrogens is 1. The van der Waals surface area contributed by atoms with E-state index >= 15 is 0 Å². The predicted octanol–water partition coefficient (Wildman–Crippen LogP) is 4.64. The molecule has 3 atom stereocenters. The smallest absolute Gasteiger partial charge is 0.255 e. The number of carbonyl (C=O) groups is 1. The van der Waals surface area contributed by atoms with Gasteiger partial charge in [0.2, 0.25) is 0 Å². The number of hydrogen-bond acceptors (Lipinski definition) is 6. The van der Waals surface area contributed by atoms with Crippen molar-refractivity contribution in [3.8, 4) is 22.8 Å². The lowest BCUT2D eigenvalue weighted by molar-refractivity contribution is -0.152. The molecule has 2 fully saturated rings. The van der Waals surface area contributed by atoms with E-state index in [0.29, 0.717) is 40.1 Å². The second-order valence-corrected chi connectivity index (χ2v) is 9.65. The number of halogens is 1. The molecule has 0 bridgehead atoms. The highest BCUT2D eigenvalue weighted by Crippen LogP contribution is 2.51. The number of fused-ring (bicyclic) bond motifs is 3. The third-order valence-electron chi connectivity index (χ3n) is 6.83. The maximum atomic E-state index is 13.1. The number of nitrogens with zero attached hydrogens (tertiary/aromatic N) is 1. The fourth-order valence-corrected chi connectivity index (χ4v) is 4.97. The average Bonchev–Trinajstić information content (AvgIpc) is 3.49. The molecule has 1 saturated heterocycles. The van der Waals surface area contributed by atoms with Crippen molar-refractivity contribution in [1.82, 2.24) is 15.3 Å². The Hall–Kier alpha value is -3.23. The Bertz CT molecular complexity index is 1290. The Morgan fingerprint density at radius 2 is 2.21 bits per heavy atom. The molecule has 6 rings (SSSR count). The fraction of sp³-hybridized carbons (Fsp3) is 0.360. The van der Waals surface area contributed by atoms with Gasteiger partial charge < -0.3 is 29.8 Å². The van der Waals surface area contributed by atoms with Crippen LogP contribution in [-0.4, -0.2) is 47.8 Å². The predicted molar refractivity (Wildman–Crippen MR) is 128 cm³/mol. The summed E-state index contributed by atoms with van der Waals surface area (Å²) in [6.45, 7) is 3.20. The summed E-state index contributed by atoms with van der Waals surface area (Å²) in [5.74, 6) is 1.29. The third kappa shape index (κ3) is 3.49. The van der Waals surface area contributed by atoms with Gasteiger partial charge in [0.15, 0.2) is 5.75 Å². The van der Waals surface area contributed by atoms with Gasteiger partial charge in [-0.05, 0) is 31.5 Å². The number of aromatic nitrogens is 2. The lowest BCUT2D eigenvalue weighted by Gasteiger charge is -2.38. The summed E-state index contributed by atoms with van der Waals surface area (Å²) < 4.78 is 17.4. The molecule has 3 N–H and O–H groups in total. The zero-order chi connectivity index (χ0) is 23.4. The first kappa shape index (κ1) is 21.3. The van der Waals surface area contributed by atoms with E-state index in [1.165, 1.54) is 0 Å². The van der Waals surface area contributed by atoms with Gasteiger partial charge in [-0.2, -0.15) is 0 Å². The van der Waals surface area contributed by atoms with Crippen molar-refractivity contribution >= 4 is 28.9 Å². The van der Waals surface area contributed by atoms with Crippen molar-refractivity contribution < 1.29 is 19.0 Å². The minimum absolute atomic E-state index is 0.105. The van der Waals surface area contributed by atoms with Crippen molar-refractivity contribution in [3.05, 3.63) is 52.9 Å². The summed E-state index contributed by atoms with van der Waals surface area (Å²) in [6.07, 6.45) is 5.28. The highest BCUT2D eigenvalue weighted by atomic mass is 35.5. The lowest BCUT2D eigenvalue weighted by atomic mass is 9.99. The molecule has 1 aromatic carbocycles. The van der Waals surface area contributed by atoms with Crippen molar-refractivity contribution in [2.75, 3.05) is 25.6 Å². The van der Waals surface area contributed by atoms with E-state index in [4.69, 9.17) is 25.8 Å². The topological polar surface area (TPSA) is 97.5 Å². The number of pyridine rings is 1. The van der Waals surface area contributed by atoms with E-state index < -0.39 is 0 Å². The molecule has 1 amide bonds. The molecule has 2 aliphatic heterocycles. The normalized spacial score (nSPS) is 24.4. The summed E-state index contributed by atoms with van der Waals surface area (Å²) in [6, 6.07) is 7.54. The summed E-state index contributed by atoms with van der Waals surface area (Å²) in [7, 11) is 1.57. The monoisotopic (exact) mass is 480 g/mol. The van der Waals surface area contributed by atoms with Crippen LogP contribution in [0.1, 0.15) is 41.7 Å². The summed E-state index contributed by atoms with van der Waals surface area (Å²) in [4.78, 5) is 20.9. The second kappa shape index (κ2) is 7.92. The van der Waals surface area contributed by atoms with Crippen LogP contribution in [0.5, 0.6) is 11.5 Å². The van der Waals surface area contributed by atoms with Crippen LogP contribution in [0.25, 0.3) is 11.3 Å². The molecule has 34 heavy (non-hydrogen) atoms. The lowest BCUT2D eigenvalue weighted by Crippen LogP contribution is -2.45. The number of benzene rings is 1. The van der Waals surface area contributed by atoms with E-state index in [2.05, 4.69) is 20.6 Å². The molecule has 0 spiro atoms. The van der Waals surface area contributed by atoms with E-state index in [1.807, 2.05) is 25.1 Å². The van der Waals surface area contributed by atoms with Gasteiger partial charge in [0.25, 0.3) is 5.91 Å². The highest BCUT2D eigenvalue weighted by Gasteiger charge is 2.48. The largest absolute Gasteiger partial charge is 0.493 e. The number of carbonyl (C=O) groups excluding carboxylic acids is 1. The van der Waals surface area contributed by atoms with Crippen LogP contribution in [0.15, 0.2) is 36.7 Å². The second-order valence-electron chi connectivity index (χ2n) is 9.24. The molecule has 2 aromatic heterocycles. The number of hydrogen-bond donors (Lipinski definition) is 3. The standard InChI is InChI=1S/C25H25ClN4O4/c1-25(7-9-34-25)12-33-18-11-27-8-6-13(18)21-22(28-16-5-3-4-15(26)23(16)32-2)19-20(30-21)14-10-17(14)29-24(19)31/h3-6,8,11,14,17,28,30H,7,9-10,12H2,1-2H3,(H,29,31)/t14-,17+,25-/m1/s1. The van der Waals surface area contributed by atoms with Crippen molar-refractivity contribution in [2.45, 2.75) is 37.3 Å². The number of rotatable bonds is 7. The van der Waals surface area contributed by atoms with Gasteiger partial charge in [0.1, 0.15) is 18.0 Å². The first-order valence-corrected chi connectivity index (χ1v) is 11.7. The number of nitrogens with one attached hydrogen (secondary N) is 3. The minimum atomic E-state index is -0.293. The average molecular weight is 481 g/mol. The van der Waals surface area contributed by atoms with Crippen LogP contribution in [-0.2, 0) is 4.74 Å². The third-order valence-corrected chi connectivity index (χ3v) is 7.13. The van der Waals surface area contributed by atoms with Crippen LogP contribution in [0.3, 0.4) is 0 Å². The minimum Gasteiger partial charge on any atom is -0.493 e. The molecule has 176 valence electrons. The Balaban J connectivity index is 1.46. The number of amides is 1. The Labute approximate surface area is 202 Å². The maximum Gasteiger partial charge on any atom is 0.255 e. The van der Waals surface area contributed by atoms with Gasteiger partial charge in [0.05, 0.1) is 47.6 Å². The molecular weight excluding hydrogens is 456 g/mol. The molecule has 3 aromatic rings. The molecular formula is C25H25ClN4O4. The molecule has 0 radical (unpaired) electrons. The van der Waals surface area contributed by atoms with Crippen LogP contribution in [0, 0.1) is 0 Å². The van der Waals surface area contributed by atoms with Gasteiger partial charge >= 0.3 is 0 Å². The van der Waals surface area contributed by atoms with Crippen molar-refractivity contribution in [2.24, 2.45) is 0 Å². The van der Waals surface area contributed by atoms with Gasteiger partial charge in [-0.15, -0.1) is 0 Å². The van der Waals surface area contributed by atoms with Crippen molar-refractivity contribution in [3.63, 3.8) is 0 Å². The van der Waals surface area contributed by atoms with E-state index in [9.17, 15) is 4.79 Å². The zero-order valence-corrected chi connectivity index (χ0v) is 19.7. The molecule has 4 heterocycles. The number of para-hydroxylation sites is 1. The van der Waals surface area contributed by atoms with E-state index in [1.54, 1.807) is 25.6 Å². The Kier molecular flexibility index (Phi) is 4.97. The van der Waals surface area contributed by atoms with Gasteiger partial charge in [-0.3, -0.25) is 9.78 Å². The van der Waals surface area contributed by atoms with Crippen LogP contribution >= 0.6 is 11.6 Å². The number of aromatic amines is 1. The zero-order valence-electron chi connectivity index (χ0n) is 18.9. The fourth-order valence-electron chi connectivity index (χ4n) is 4.72. The van der Waals surface area contributed by atoms with E-state index in [0.717, 1.165) is 36.4 Å². The van der Waals surface area contributed by atoms with Crippen LogP contribution in [0.2, 0.25) is 5.02 Å². The molecule has 3 aliphatic rings. The first-order valence-electron chi connectivity index (χ1n) is 11.3. The number of methoxy groups -OCH3 is 1. The molecule has 1 saturated carbocycles. The number of anilines is 2. The molecule has 8 nitrogen and oxygen atoms in total. The summed E-state index contributed by atoms with van der Waals surface area (Å²) >= 11 is 6.36.